The van der Waals surface area contributed by atoms with Crippen molar-refractivity contribution in [2.24, 2.45) is 5.92 Å². The maximum absolute atomic E-state index is 12.7. The van der Waals surface area contributed by atoms with Crippen molar-refractivity contribution in [2.45, 2.75) is 90.0 Å². The second-order valence-electron chi connectivity index (χ2n) is 9.97. The molecule has 2 fully saturated rings. The minimum atomic E-state index is -0.0410. The van der Waals surface area contributed by atoms with Crippen LogP contribution >= 0.6 is 0 Å². The second-order valence-corrected chi connectivity index (χ2v) is 9.97. The van der Waals surface area contributed by atoms with E-state index < -0.39 is 0 Å². The molecule has 1 saturated heterocycles. The Morgan fingerprint density at radius 1 is 1.00 bits per heavy atom. The van der Waals surface area contributed by atoms with E-state index in [-0.39, 0.29) is 23.1 Å². The van der Waals surface area contributed by atoms with Crippen LogP contribution in [-0.2, 0) is 21.4 Å². The molecule has 0 spiro atoms. The van der Waals surface area contributed by atoms with Gasteiger partial charge in [0.05, 0.1) is 5.92 Å². The van der Waals surface area contributed by atoms with Crippen LogP contribution in [0.15, 0.2) is 24.3 Å². The summed E-state index contributed by atoms with van der Waals surface area (Å²) in [6.45, 7) is 8.00. The van der Waals surface area contributed by atoms with Crippen LogP contribution in [-0.4, -0.2) is 35.8 Å². The zero-order chi connectivity index (χ0) is 20.9. The Morgan fingerprint density at radius 3 is 2.34 bits per heavy atom. The lowest BCUT2D eigenvalue weighted by Crippen LogP contribution is -2.48. The highest BCUT2D eigenvalue weighted by Crippen LogP contribution is 2.23. The molecule has 1 atom stereocenters. The van der Waals surface area contributed by atoms with Gasteiger partial charge in [0, 0.05) is 25.6 Å². The molecule has 1 aliphatic carbocycles. The van der Waals surface area contributed by atoms with Gasteiger partial charge in [0.2, 0.25) is 11.8 Å². The molecular weight excluding hydrogens is 360 g/mol. The zero-order valence-electron chi connectivity index (χ0n) is 18.5. The highest BCUT2D eigenvalue weighted by molar-refractivity contribution is 5.81. The smallest absolute Gasteiger partial charge is 0.225 e. The Labute approximate surface area is 176 Å². The number of rotatable bonds is 5. The van der Waals surface area contributed by atoms with Crippen molar-refractivity contribution in [3.05, 3.63) is 35.4 Å². The van der Waals surface area contributed by atoms with Crippen LogP contribution in [0.2, 0.25) is 0 Å². The van der Waals surface area contributed by atoms with Gasteiger partial charge in [-0.15, -0.1) is 0 Å². The normalized spacial score (nSPS) is 21.1. The number of aryl methyl sites for hydroxylation is 1. The highest BCUT2D eigenvalue weighted by atomic mass is 16.2. The summed E-state index contributed by atoms with van der Waals surface area (Å²) in [5.74, 6) is 0.299. The Bertz CT molecular complexity index is 684. The monoisotopic (exact) mass is 398 g/mol. The number of hydrogen-bond acceptors (Lipinski definition) is 2. The molecule has 1 heterocycles. The fraction of sp³-hybridized carbons (Fsp3) is 0.680. The summed E-state index contributed by atoms with van der Waals surface area (Å²) >= 11 is 0. The lowest BCUT2D eigenvalue weighted by Gasteiger charge is -2.33. The molecule has 29 heavy (non-hydrogen) atoms. The predicted molar refractivity (Wildman–Crippen MR) is 118 cm³/mol. The molecule has 2 amide bonds. The molecule has 0 bridgehead atoms. The van der Waals surface area contributed by atoms with E-state index >= 15 is 0 Å². The lowest BCUT2D eigenvalue weighted by molar-refractivity contribution is -0.136. The number of piperidine rings is 1. The van der Waals surface area contributed by atoms with E-state index in [0.29, 0.717) is 19.0 Å². The average Bonchev–Trinajstić information content (AvgIpc) is 2.72. The molecular formula is C25H38N2O2. The molecule has 3 rings (SSSR count). The number of nitrogens with zero attached hydrogens (tertiary/aromatic N) is 1. The van der Waals surface area contributed by atoms with Crippen LogP contribution in [0.4, 0.5) is 0 Å². The third kappa shape index (κ3) is 6.32. The first-order valence-corrected chi connectivity index (χ1v) is 11.5. The van der Waals surface area contributed by atoms with Crippen molar-refractivity contribution in [1.29, 1.82) is 0 Å². The number of carbonyl (C=O) groups excluding carboxylic acids is 2. The summed E-state index contributed by atoms with van der Waals surface area (Å²) in [6, 6.07) is 8.98. The van der Waals surface area contributed by atoms with Crippen molar-refractivity contribution >= 4 is 11.8 Å². The van der Waals surface area contributed by atoms with Gasteiger partial charge in [-0.25, -0.2) is 0 Å². The fourth-order valence-corrected chi connectivity index (χ4v) is 4.56. The minimum absolute atomic E-state index is 0.0410. The quantitative estimate of drug-likeness (QED) is 0.788. The van der Waals surface area contributed by atoms with Gasteiger partial charge in [-0.3, -0.25) is 9.59 Å². The van der Waals surface area contributed by atoms with E-state index in [0.717, 1.165) is 38.6 Å². The topological polar surface area (TPSA) is 49.4 Å². The number of likely N-dealkylation sites (tertiary alicyclic amines) is 1. The molecule has 1 aromatic carbocycles. The Morgan fingerprint density at radius 2 is 1.69 bits per heavy atom. The molecule has 2 aliphatic rings. The first kappa shape index (κ1) is 21.9. The number of benzene rings is 1. The Kier molecular flexibility index (Phi) is 7.37. The van der Waals surface area contributed by atoms with Crippen LogP contribution in [0.5, 0.6) is 0 Å². The molecule has 1 aromatic rings. The van der Waals surface area contributed by atoms with Crippen molar-refractivity contribution in [1.82, 2.24) is 10.2 Å². The van der Waals surface area contributed by atoms with Gasteiger partial charge in [-0.1, -0.05) is 64.3 Å². The summed E-state index contributed by atoms with van der Waals surface area (Å²) in [5, 5.41) is 3.25. The summed E-state index contributed by atoms with van der Waals surface area (Å²) in [4.78, 5) is 27.3. The molecule has 4 heteroatoms. The predicted octanol–water partition coefficient (Wildman–Crippen LogP) is 4.60. The fourth-order valence-electron chi connectivity index (χ4n) is 4.56. The first-order chi connectivity index (χ1) is 13.8. The van der Waals surface area contributed by atoms with Crippen LogP contribution < -0.4 is 5.32 Å². The summed E-state index contributed by atoms with van der Waals surface area (Å²) in [7, 11) is 0. The van der Waals surface area contributed by atoms with Gasteiger partial charge in [-0.2, -0.15) is 0 Å². The third-order valence-corrected chi connectivity index (χ3v) is 6.54. The van der Waals surface area contributed by atoms with Gasteiger partial charge in [0.25, 0.3) is 0 Å². The van der Waals surface area contributed by atoms with Gasteiger partial charge in [0.15, 0.2) is 0 Å². The lowest BCUT2D eigenvalue weighted by atomic mass is 9.86. The van der Waals surface area contributed by atoms with E-state index in [4.69, 9.17) is 0 Å². The largest absolute Gasteiger partial charge is 0.353 e. The number of hydrogen-bond donors (Lipinski definition) is 1. The van der Waals surface area contributed by atoms with E-state index in [1.54, 1.807) is 0 Å². The Hall–Kier alpha value is -1.84. The van der Waals surface area contributed by atoms with Crippen LogP contribution in [0, 0.1) is 5.92 Å². The number of nitrogens with one attached hydrogen (secondary N) is 1. The molecule has 160 valence electrons. The molecule has 0 aromatic heterocycles. The van der Waals surface area contributed by atoms with Gasteiger partial charge >= 0.3 is 0 Å². The van der Waals surface area contributed by atoms with E-state index in [1.165, 1.54) is 30.4 Å². The van der Waals surface area contributed by atoms with Gasteiger partial charge < -0.3 is 10.2 Å². The van der Waals surface area contributed by atoms with Gasteiger partial charge in [-0.05, 0) is 48.6 Å². The van der Waals surface area contributed by atoms with Gasteiger partial charge in [0.1, 0.15) is 0 Å². The van der Waals surface area contributed by atoms with Crippen molar-refractivity contribution < 1.29 is 9.59 Å². The minimum Gasteiger partial charge on any atom is -0.353 e. The maximum Gasteiger partial charge on any atom is 0.225 e. The second kappa shape index (κ2) is 9.77. The van der Waals surface area contributed by atoms with E-state index in [9.17, 15) is 9.59 Å². The molecule has 1 aliphatic heterocycles. The Balaban J connectivity index is 1.47. The van der Waals surface area contributed by atoms with Crippen LogP contribution in [0.3, 0.4) is 0 Å². The van der Waals surface area contributed by atoms with E-state index in [2.05, 4.69) is 50.4 Å². The molecule has 1 N–H and O–H groups in total. The molecule has 0 radical (unpaired) electrons. The molecule has 4 nitrogen and oxygen atoms in total. The molecule has 1 unspecified atom stereocenters. The first-order valence-electron chi connectivity index (χ1n) is 11.5. The molecule has 1 saturated carbocycles. The van der Waals surface area contributed by atoms with Crippen molar-refractivity contribution in [3.8, 4) is 0 Å². The highest BCUT2D eigenvalue weighted by Gasteiger charge is 2.29. The van der Waals surface area contributed by atoms with Crippen molar-refractivity contribution in [3.63, 3.8) is 0 Å². The number of amides is 2. The summed E-state index contributed by atoms with van der Waals surface area (Å²) < 4.78 is 0. The summed E-state index contributed by atoms with van der Waals surface area (Å²) in [6.07, 6.45) is 9.05. The summed E-state index contributed by atoms with van der Waals surface area (Å²) in [5.41, 5.74) is 2.67. The third-order valence-electron chi connectivity index (χ3n) is 6.54. The number of carbonyl (C=O) groups is 2. The average molecular weight is 399 g/mol. The zero-order valence-corrected chi connectivity index (χ0v) is 18.5. The van der Waals surface area contributed by atoms with Crippen LogP contribution in [0.1, 0.15) is 83.3 Å². The van der Waals surface area contributed by atoms with Crippen molar-refractivity contribution in [2.75, 3.05) is 13.1 Å². The maximum atomic E-state index is 12.7. The standard InChI is InChI=1S/C25H38N2O2/c1-25(2,3)21-14-11-19(12-15-21)13-16-23(28)27-17-7-8-20(18-27)24(29)26-22-9-5-4-6-10-22/h11-12,14-15,20,22H,4-10,13,16-18H2,1-3H3,(H,26,29). The SMILES string of the molecule is CC(C)(C)c1ccc(CCC(=O)N2CCCC(C(=O)NC3CCCCC3)C2)cc1. The van der Waals surface area contributed by atoms with E-state index in [1.807, 2.05) is 4.90 Å². The van der Waals surface area contributed by atoms with Crippen LogP contribution in [0.25, 0.3) is 0 Å².